The third-order valence-corrected chi connectivity index (χ3v) is 6.95. The van der Waals surface area contributed by atoms with E-state index in [0.29, 0.717) is 12.8 Å². The summed E-state index contributed by atoms with van der Waals surface area (Å²) in [5.41, 5.74) is -1.79. The normalized spacial score (nSPS) is 16.8. The number of halogens is 5. The predicted molar refractivity (Wildman–Crippen MR) is 115 cm³/mol. The van der Waals surface area contributed by atoms with Gasteiger partial charge in [0.2, 0.25) is 5.91 Å². The fraction of sp³-hybridized carbons (Fsp3) is 0.348. The van der Waals surface area contributed by atoms with Gasteiger partial charge in [0.15, 0.2) is 21.5 Å². The molecule has 34 heavy (non-hydrogen) atoms. The second kappa shape index (κ2) is 9.72. The lowest BCUT2D eigenvalue weighted by molar-refractivity contribution is -0.160. The van der Waals surface area contributed by atoms with Crippen LogP contribution in [0.2, 0.25) is 0 Å². The summed E-state index contributed by atoms with van der Waals surface area (Å²) in [6.45, 7) is 0. The lowest BCUT2D eigenvalue weighted by atomic mass is 10.1. The van der Waals surface area contributed by atoms with Crippen molar-refractivity contribution in [2.24, 2.45) is 0 Å². The number of hydrogen-bond acceptors (Lipinski definition) is 4. The van der Waals surface area contributed by atoms with E-state index in [1.54, 1.807) is 0 Å². The van der Waals surface area contributed by atoms with E-state index in [1.165, 1.54) is 30.3 Å². The summed E-state index contributed by atoms with van der Waals surface area (Å²) in [5.74, 6) is -3.46. The van der Waals surface area contributed by atoms with Crippen LogP contribution in [-0.4, -0.2) is 37.8 Å². The average Bonchev–Trinajstić information content (AvgIpc) is 3.53. The molecule has 1 fully saturated rings. The average molecular weight is 500 g/mol. The number of hydrogen-bond donors (Lipinski definition) is 2. The highest BCUT2D eigenvalue weighted by molar-refractivity contribution is 7.90. The zero-order chi connectivity index (χ0) is 25.1. The van der Waals surface area contributed by atoms with Gasteiger partial charge in [-0.15, -0.1) is 6.42 Å². The zero-order valence-electron chi connectivity index (χ0n) is 17.7. The van der Waals surface area contributed by atoms with Crippen LogP contribution in [0.5, 0.6) is 0 Å². The lowest BCUT2D eigenvalue weighted by Gasteiger charge is -2.28. The van der Waals surface area contributed by atoms with E-state index >= 15 is 0 Å². The number of rotatable bonds is 9. The van der Waals surface area contributed by atoms with Crippen LogP contribution in [0, 0.1) is 24.0 Å². The summed E-state index contributed by atoms with van der Waals surface area (Å²) < 4.78 is 94.6. The Balaban J connectivity index is 1.90. The first-order chi connectivity index (χ1) is 15.9. The van der Waals surface area contributed by atoms with Gasteiger partial charge in [-0.05, 0) is 24.5 Å². The first kappa shape index (κ1) is 25.6. The van der Waals surface area contributed by atoms with Crippen molar-refractivity contribution in [2.75, 3.05) is 5.75 Å². The molecule has 1 amide bonds. The molecule has 0 radical (unpaired) electrons. The maximum absolute atomic E-state index is 14.0. The van der Waals surface area contributed by atoms with Gasteiger partial charge in [-0.1, -0.05) is 48.4 Å². The van der Waals surface area contributed by atoms with Gasteiger partial charge in [-0.2, -0.15) is 13.2 Å². The number of benzene rings is 2. The van der Waals surface area contributed by atoms with Crippen LogP contribution in [-0.2, 0) is 20.4 Å². The molecular weight excluding hydrogens is 479 g/mol. The maximum atomic E-state index is 14.0. The summed E-state index contributed by atoms with van der Waals surface area (Å²) >= 11 is 0. The molecule has 0 unspecified atom stereocenters. The fourth-order valence-corrected chi connectivity index (χ4v) is 4.96. The Bertz CT molecular complexity index is 1190. The van der Waals surface area contributed by atoms with Crippen molar-refractivity contribution in [1.29, 1.82) is 0 Å². The summed E-state index contributed by atoms with van der Waals surface area (Å²) in [5, 5.41) is 4.53. The molecule has 0 saturated heterocycles. The smallest absolute Gasteiger partial charge is 0.338 e. The van der Waals surface area contributed by atoms with Gasteiger partial charge in [0.05, 0.1) is 11.5 Å². The molecule has 0 aliphatic heterocycles. The molecule has 0 heterocycles. The van der Waals surface area contributed by atoms with E-state index in [0.717, 1.165) is 18.2 Å². The molecule has 2 N–H and O–H groups in total. The second-order valence-electron chi connectivity index (χ2n) is 8.09. The van der Waals surface area contributed by atoms with Crippen LogP contribution in [0.1, 0.15) is 30.0 Å². The van der Waals surface area contributed by atoms with E-state index < -0.39 is 68.2 Å². The van der Waals surface area contributed by atoms with Gasteiger partial charge in [-0.25, -0.2) is 17.2 Å². The van der Waals surface area contributed by atoms with Crippen molar-refractivity contribution >= 4 is 15.7 Å². The monoisotopic (exact) mass is 500 g/mol. The van der Waals surface area contributed by atoms with Crippen LogP contribution in [0.25, 0.3) is 0 Å². The molecule has 182 valence electrons. The number of carbonyl (C=O) groups is 1. The Labute approximate surface area is 193 Å². The number of sulfone groups is 1. The highest BCUT2D eigenvalue weighted by Gasteiger charge is 2.47. The molecule has 2 aromatic carbocycles. The van der Waals surface area contributed by atoms with E-state index in [1.807, 2.05) is 0 Å². The molecule has 2 aromatic rings. The second-order valence-corrected chi connectivity index (χ2v) is 10.2. The number of carbonyl (C=O) groups excluding carboxylic acids is 1. The highest BCUT2D eigenvalue weighted by Crippen LogP contribution is 2.35. The van der Waals surface area contributed by atoms with E-state index in [2.05, 4.69) is 16.6 Å². The number of amides is 1. The Kier molecular flexibility index (Phi) is 7.33. The summed E-state index contributed by atoms with van der Waals surface area (Å²) in [7, 11) is -4.38. The van der Waals surface area contributed by atoms with Crippen LogP contribution < -0.4 is 10.6 Å². The van der Waals surface area contributed by atoms with Gasteiger partial charge in [0.25, 0.3) is 0 Å². The quantitative estimate of drug-likeness (QED) is 0.409. The Morgan fingerprint density at radius 2 is 1.74 bits per heavy atom. The lowest BCUT2D eigenvalue weighted by Crippen LogP contribution is -2.54. The van der Waals surface area contributed by atoms with Gasteiger partial charge in [0, 0.05) is 5.56 Å². The zero-order valence-corrected chi connectivity index (χ0v) is 18.5. The molecule has 0 spiro atoms. The minimum absolute atomic E-state index is 0.237. The summed E-state index contributed by atoms with van der Waals surface area (Å²) in [6, 6.07) is 5.29. The Hall–Kier alpha value is -2.97. The van der Waals surface area contributed by atoms with Crippen molar-refractivity contribution in [1.82, 2.24) is 10.6 Å². The van der Waals surface area contributed by atoms with E-state index in [4.69, 9.17) is 6.42 Å². The number of nitrogens with one attached hydrogen (secondary N) is 2. The molecule has 2 atom stereocenters. The van der Waals surface area contributed by atoms with Crippen molar-refractivity contribution in [3.8, 4) is 12.3 Å². The standard InChI is InChI=1S/C23H21F5N2O3S/c1-2-22(11-12-22)30-21(31)18(29-20(23(26,27)28)15-7-4-3-5-8-15)14-34(32,33)13-16-9-6-10-17(24)19(16)25/h1,3-10,18,20,29H,11-14H2,(H,30,31)/t18-,20-/m0/s1. The molecule has 3 rings (SSSR count). The fourth-order valence-electron chi connectivity index (χ4n) is 3.39. The Morgan fingerprint density at radius 3 is 2.29 bits per heavy atom. The van der Waals surface area contributed by atoms with Gasteiger partial charge < -0.3 is 5.32 Å². The molecule has 0 bridgehead atoms. The van der Waals surface area contributed by atoms with Crippen molar-refractivity contribution in [2.45, 2.75) is 42.4 Å². The van der Waals surface area contributed by atoms with Gasteiger partial charge in [0.1, 0.15) is 17.6 Å². The van der Waals surface area contributed by atoms with Crippen LogP contribution in [0.15, 0.2) is 48.5 Å². The maximum Gasteiger partial charge on any atom is 0.407 e. The largest absolute Gasteiger partial charge is 0.407 e. The third kappa shape index (κ3) is 6.33. The predicted octanol–water partition coefficient (Wildman–Crippen LogP) is 3.42. The molecule has 0 aromatic heterocycles. The molecule has 1 aliphatic carbocycles. The molecule has 1 saturated carbocycles. The summed E-state index contributed by atoms with van der Waals surface area (Å²) in [6.07, 6.45) is 1.29. The minimum atomic E-state index is -4.87. The van der Waals surface area contributed by atoms with Crippen LogP contribution >= 0.6 is 0 Å². The molecule has 1 aliphatic rings. The molecular formula is C23H21F5N2O3S. The number of alkyl halides is 3. The summed E-state index contributed by atoms with van der Waals surface area (Å²) in [4.78, 5) is 12.9. The number of terminal acetylenes is 1. The van der Waals surface area contributed by atoms with Gasteiger partial charge in [-0.3, -0.25) is 10.1 Å². The van der Waals surface area contributed by atoms with Crippen molar-refractivity contribution < 1.29 is 35.2 Å². The van der Waals surface area contributed by atoms with E-state index in [-0.39, 0.29) is 5.56 Å². The van der Waals surface area contributed by atoms with Gasteiger partial charge >= 0.3 is 6.18 Å². The first-order valence-corrected chi connectivity index (χ1v) is 12.0. The first-order valence-electron chi connectivity index (χ1n) is 10.2. The topological polar surface area (TPSA) is 75.3 Å². The third-order valence-electron chi connectivity index (χ3n) is 5.36. The van der Waals surface area contributed by atoms with Crippen LogP contribution in [0.3, 0.4) is 0 Å². The van der Waals surface area contributed by atoms with E-state index in [9.17, 15) is 35.2 Å². The minimum Gasteiger partial charge on any atom is -0.338 e. The Morgan fingerprint density at radius 1 is 1.09 bits per heavy atom. The SMILES string of the molecule is C#CC1(NC(=O)[C@H](CS(=O)(=O)Cc2cccc(F)c2F)N[C@@H](c2ccccc2)C(F)(F)F)CC1. The van der Waals surface area contributed by atoms with Crippen molar-refractivity contribution in [3.05, 3.63) is 71.3 Å². The molecule has 11 heteroatoms. The molecule has 5 nitrogen and oxygen atoms in total. The highest BCUT2D eigenvalue weighted by atomic mass is 32.2. The van der Waals surface area contributed by atoms with Crippen LogP contribution in [0.4, 0.5) is 22.0 Å². The van der Waals surface area contributed by atoms with Crippen molar-refractivity contribution in [3.63, 3.8) is 0 Å².